The van der Waals surface area contributed by atoms with Gasteiger partial charge in [-0.2, -0.15) is 0 Å². The fourth-order valence-corrected chi connectivity index (χ4v) is 7.63. The highest BCUT2D eigenvalue weighted by Crippen LogP contribution is 2.64. The van der Waals surface area contributed by atoms with E-state index in [9.17, 15) is 9.59 Å². The maximum Gasteiger partial charge on any atom is 0.312 e. The van der Waals surface area contributed by atoms with Crippen LogP contribution in [0.4, 0.5) is 0 Å². The molecule has 1 heterocycles. The van der Waals surface area contributed by atoms with Crippen molar-refractivity contribution in [3.05, 3.63) is 21.3 Å². The van der Waals surface area contributed by atoms with Crippen molar-refractivity contribution < 1.29 is 14.3 Å². The number of hydrogen-bond acceptors (Lipinski definition) is 4. The van der Waals surface area contributed by atoms with Crippen molar-refractivity contribution in [3.63, 3.8) is 0 Å². The van der Waals surface area contributed by atoms with E-state index in [1.54, 1.807) is 12.1 Å². The lowest BCUT2D eigenvalue weighted by Gasteiger charge is -2.58. The summed E-state index contributed by atoms with van der Waals surface area (Å²) in [4.78, 5) is 25.4. The van der Waals surface area contributed by atoms with Crippen LogP contribution in [0.2, 0.25) is 4.34 Å². The lowest BCUT2D eigenvalue weighted by molar-refractivity contribution is -0.168. The van der Waals surface area contributed by atoms with E-state index in [0.29, 0.717) is 21.0 Å². The van der Waals surface area contributed by atoms with E-state index in [0.717, 1.165) is 19.3 Å². The lowest BCUT2D eigenvalue weighted by atomic mass is 9.49. The van der Waals surface area contributed by atoms with E-state index < -0.39 is 0 Å². The van der Waals surface area contributed by atoms with Crippen LogP contribution in [-0.2, 0) is 9.53 Å². The molecule has 3 nitrogen and oxygen atoms in total. The summed E-state index contributed by atoms with van der Waals surface area (Å²) < 4.78 is 6.14. The second kappa shape index (κ2) is 5.57. The zero-order valence-corrected chi connectivity index (χ0v) is 15.8. The second-order valence-corrected chi connectivity index (χ2v) is 10.9. The number of alkyl halides is 1. The monoisotopic (exact) mass is 416 g/mol. The van der Waals surface area contributed by atoms with Crippen molar-refractivity contribution in [1.29, 1.82) is 0 Å². The van der Waals surface area contributed by atoms with Crippen LogP contribution >= 0.6 is 38.9 Å². The molecule has 1 aromatic rings. The molecule has 0 saturated heterocycles. The highest BCUT2D eigenvalue weighted by molar-refractivity contribution is 9.10. The molecule has 23 heavy (non-hydrogen) atoms. The van der Waals surface area contributed by atoms with Crippen LogP contribution in [-0.4, -0.2) is 22.7 Å². The number of Topliss-reactive ketones (excluding diaryl/α,β-unsaturated/α-hetero) is 1. The van der Waals surface area contributed by atoms with E-state index in [-0.39, 0.29) is 28.1 Å². The molecule has 0 radical (unpaired) electrons. The van der Waals surface area contributed by atoms with Gasteiger partial charge in [0, 0.05) is 4.32 Å². The SMILES string of the molecule is O=C(COC(=O)C12C[C@@H]3C[C@@H](CC(Br)(C3)C1)C2)c1ccc(Cl)s1. The largest absolute Gasteiger partial charge is 0.457 e. The molecule has 0 aromatic carbocycles. The molecule has 4 bridgehead atoms. The Labute approximate surface area is 152 Å². The van der Waals surface area contributed by atoms with Crippen molar-refractivity contribution >= 4 is 50.6 Å². The summed E-state index contributed by atoms with van der Waals surface area (Å²) in [5.74, 6) is 0.893. The van der Waals surface area contributed by atoms with Crippen molar-refractivity contribution in [2.75, 3.05) is 6.61 Å². The summed E-state index contributed by atoms with van der Waals surface area (Å²) in [5.41, 5.74) is -0.374. The zero-order valence-electron chi connectivity index (χ0n) is 12.6. The predicted octanol–water partition coefficient (Wildman–Crippen LogP) is 4.86. The molecule has 0 amide bonds. The van der Waals surface area contributed by atoms with Gasteiger partial charge in [-0.1, -0.05) is 27.5 Å². The predicted molar refractivity (Wildman–Crippen MR) is 93.4 cm³/mol. The Morgan fingerprint density at radius 3 is 2.52 bits per heavy atom. The summed E-state index contributed by atoms with van der Waals surface area (Å²) in [6.07, 6.45) is 6.29. The quantitative estimate of drug-likeness (QED) is 0.399. The van der Waals surface area contributed by atoms with Gasteiger partial charge in [0.1, 0.15) is 0 Å². The lowest BCUT2D eigenvalue weighted by Crippen LogP contribution is -2.56. The minimum absolute atomic E-state index is 0.112. The minimum atomic E-state index is -0.374. The van der Waals surface area contributed by atoms with Gasteiger partial charge >= 0.3 is 5.97 Å². The number of rotatable bonds is 4. The summed E-state index contributed by atoms with van der Waals surface area (Å²) >= 11 is 11.0. The third-order valence-corrected chi connectivity index (χ3v) is 7.81. The van der Waals surface area contributed by atoms with E-state index in [2.05, 4.69) is 15.9 Å². The van der Waals surface area contributed by atoms with Gasteiger partial charge in [0.2, 0.25) is 5.78 Å². The van der Waals surface area contributed by atoms with Crippen molar-refractivity contribution in [3.8, 4) is 0 Å². The third kappa shape index (κ3) is 2.89. The number of ether oxygens (including phenoxy) is 1. The van der Waals surface area contributed by atoms with Gasteiger partial charge in [-0.3, -0.25) is 9.59 Å². The average Bonchev–Trinajstić information content (AvgIpc) is 2.88. The Hall–Kier alpha value is -0.390. The standard InChI is InChI=1S/C17H18BrClO3S/c18-17-6-10-3-11(7-17)5-16(4-10,9-17)15(21)22-8-12(20)13-1-2-14(19)23-13/h1-2,10-11H,3-9H2/t10-,11+,16?,17?. The van der Waals surface area contributed by atoms with Crippen molar-refractivity contribution in [2.45, 2.75) is 42.8 Å². The van der Waals surface area contributed by atoms with E-state index in [4.69, 9.17) is 16.3 Å². The molecule has 4 aliphatic rings. The van der Waals surface area contributed by atoms with Crippen LogP contribution in [0.1, 0.15) is 48.2 Å². The summed E-state index contributed by atoms with van der Waals surface area (Å²) in [6, 6.07) is 3.37. The molecule has 4 saturated carbocycles. The van der Waals surface area contributed by atoms with Crippen LogP contribution in [0.5, 0.6) is 0 Å². The number of esters is 1. The first-order valence-corrected chi connectivity index (χ1v) is 10.0. The highest BCUT2D eigenvalue weighted by Gasteiger charge is 2.60. The highest BCUT2D eigenvalue weighted by atomic mass is 79.9. The first kappa shape index (κ1) is 16.1. The average molecular weight is 418 g/mol. The molecule has 2 unspecified atom stereocenters. The topological polar surface area (TPSA) is 43.4 Å². The summed E-state index contributed by atoms with van der Waals surface area (Å²) in [5, 5.41) is 0. The van der Waals surface area contributed by atoms with Gasteiger partial charge in [-0.15, -0.1) is 11.3 Å². The number of carbonyl (C=O) groups is 2. The molecular weight excluding hydrogens is 400 g/mol. The Morgan fingerprint density at radius 2 is 1.96 bits per heavy atom. The maximum atomic E-state index is 12.8. The van der Waals surface area contributed by atoms with Gasteiger partial charge in [0.15, 0.2) is 6.61 Å². The van der Waals surface area contributed by atoms with E-state index in [1.165, 1.54) is 30.6 Å². The Balaban J connectivity index is 1.44. The van der Waals surface area contributed by atoms with Gasteiger partial charge < -0.3 is 4.74 Å². The molecule has 4 fully saturated rings. The molecule has 0 spiro atoms. The molecule has 0 N–H and O–H groups in total. The first-order valence-electron chi connectivity index (χ1n) is 8.02. The number of thiophene rings is 1. The number of hydrogen-bond donors (Lipinski definition) is 0. The third-order valence-electron chi connectivity index (χ3n) is 5.61. The normalized spacial score (nSPS) is 37.8. The zero-order chi connectivity index (χ0) is 16.2. The number of halogens is 2. The molecule has 4 aliphatic carbocycles. The number of carbonyl (C=O) groups excluding carboxylic acids is 2. The fraction of sp³-hybridized carbons (Fsp3) is 0.647. The van der Waals surface area contributed by atoms with Gasteiger partial charge in [-0.25, -0.2) is 0 Å². The van der Waals surface area contributed by atoms with Crippen LogP contribution < -0.4 is 0 Å². The molecular formula is C17H18BrClO3S. The second-order valence-electron chi connectivity index (χ2n) is 7.50. The first-order chi connectivity index (χ1) is 10.9. The Morgan fingerprint density at radius 1 is 1.26 bits per heavy atom. The molecule has 6 heteroatoms. The number of ketones is 1. The van der Waals surface area contributed by atoms with Crippen LogP contribution in [0.15, 0.2) is 12.1 Å². The summed E-state index contributed by atoms with van der Waals surface area (Å²) in [6.45, 7) is -0.179. The minimum Gasteiger partial charge on any atom is -0.457 e. The molecule has 124 valence electrons. The Kier molecular flexibility index (Phi) is 3.90. The van der Waals surface area contributed by atoms with E-state index >= 15 is 0 Å². The van der Waals surface area contributed by atoms with Gasteiger partial charge in [-0.05, 0) is 62.5 Å². The van der Waals surface area contributed by atoms with Gasteiger partial charge in [0.05, 0.1) is 14.6 Å². The molecule has 4 atom stereocenters. The molecule has 1 aromatic heterocycles. The van der Waals surface area contributed by atoms with Crippen LogP contribution in [0.3, 0.4) is 0 Å². The van der Waals surface area contributed by atoms with Crippen molar-refractivity contribution in [2.24, 2.45) is 17.3 Å². The van der Waals surface area contributed by atoms with Crippen LogP contribution in [0, 0.1) is 17.3 Å². The van der Waals surface area contributed by atoms with Crippen LogP contribution in [0.25, 0.3) is 0 Å². The fourth-order valence-electron chi connectivity index (χ4n) is 5.21. The Bertz CT molecular complexity index is 657. The van der Waals surface area contributed by atoms with Crippen molar-refractivity contribution in [1.82, 2.24) is 0 Å². The molecule has 0 aliphatic heterocycles. The summed E-state index contributed by atoms with van der Waals surface area (Å²) in [7, 11) is 0. The maximum absolute atomic E-state index is 12.8. The van der Waals surface area contributed by atoms with E-state index in [1.807, 2.05) is 0 Å². The molecule has 5 rings (SSSR count). The van der Waals surface area contributed by atoms with Gasteiger partial charge in [0.25, 0.3) is 0 Å². The smallest absolute Gasteiger partial charge is 0.312 e.